The van der Waals surface area contributed by atoms with Gasteiger partial charge in [0.1, 0.15) is 6.33 Å². The van der Waals surface area contributed by atoms with Crippen molar-refractivity contribution >= 4 is 5.78 Å². The van der Waals surface area contributed by atoms with E-state index in [9.17, 15) is 4.79 Å². The molecule has 0 amide bonds. The zero-order valence-corrected chi connectivity index (χ0v) is 5.33. The molecule has 1 aromatic heterocycles. The highest BCUT2D eigenvalue weighted by Gasteiger charge is 2.03. The van der Waals surface area contributed by atoms with Crippen molar-refractivity contribution in [3.8, 4) is 0 Å². The van der Waals surface area contributed by atoms with Crippen LogP contribution in [0.5, 0.6) is 0 Å². The van der Waals surface area contributed by atoms with Gasteiger partial charge in [0.05, 0.1) is 0 Å². The van der Waals surface area contributed by atoms with Gasteiger partial charge in [-0.15, -0.1) is 10.2 Å². The van der Waals surface area contributed by atoms with Crippen LogP contribution in [0, 0.1) is 0 Å². The average Bonchev–Trinajstić information content (AvgIpc) is 2.13. The monoisotopic (exact) mass is 125 g/mol. The van der Waals surface area contributed by atoms with E-state index in [0.29, 0.717) is 5.82 Å². The van der Waals surface area contributed by atoms with Gasteiger partial charge in [0.25, 0.3) is 0 Å². The predicted molar refractivity (Wildman–Crippen MR) is 31.0 cm³/mol. The highest BCUT2D eigenvalue weighted by Crippen LogP contribution is 1.90. The molecule has 48 valence electrons. The first-order valence-corrected chi connectivity index (χ1v) is 2.56. The first kappa shape index (κ1) is 5.94. The fraction of sp³-hybridized carbons (Fsp3) is 0.400. The molecule has 0 saturated carbocycles. The Bertz CT molecular complexity index is 228. The molecule has 1 aromatic rings. The lowest BCUT2D eigenvalue weighted by atomic mass is 10.4. The van der Waals surface area contributed by atoms with Crippen molar-refractivity contribution < 1.29 is 4.79 Å². The summed E-state index contributed by atoms with van der Waals surface area (Å²) in [5.74, 6) is 0.338. The second-order valence-corrected chi connectivity index (χ2v) is 1.82. The summed E-state index contributed by atoms with van der Waals surface area (Å²) in [7, 11) is 1.73. The molecule has 0 aliphatic rings. The SMILES string of the molecule is CC(=O)c1nncn1C. The summed E-state index contributed by atoms with van der Waals surface area (Å²) in [5.41, 5.74) is 0. The van der Waals surface area contributed by atoms with Crippen LogP contribution in [-0.4, -0.2) is 20.5 Å². The number of nitrogens with zero attached hydrogens (tertiary/aromatic N) is 3. The van der Waals surface area contributed by atoms with E-state index in [4.69, 9.17) is 0 Å². The largest absolute Gasteiger partial charge is 0.314 e. The van der Waals surface area contributed by atoms with Gasteiger partial charge < -0.3 is 4.57 Å². The van der Waals surface area contributed by atoms with Gasteiger partial charge in [0.2, 0.25) is 0 Å². The minimum Gasteiger partial charge on any atom is -0.314 e. The third-order valence-corrected chi connectivity index (χ3v) is 1.03. The fourth-order valence-corrected chi connectivity index (χ4v) is 0.602. The Hall–Kier alpha value is -1.19. The van der Waals surface area contributed by atoms with Crippen molar-refractivity contribution in [2.45, 2.75) is 6.92 Å². The van der Waals surface area contributed by atoms with E-state index in [0.717, 1.165) is 0 Å². The second kappa shape index (κ2) is 1.97. The van der Waals surface area contributed by atoms with Crippen LogP contribution in [-0.2, 0) is 7.05 Å². The molecule has 9 heavy (non-hydrogen) atoms. The van der Waals surface area contributed by atoms with Crippen LogP contribution >= 0.6 is 0 Å². The Kier molecular flexibility index (Phi) is 1.30. The highest BCUT2D eigenvalue weighted by atomic mass is 16.1. The van der Waals surface area contributed by atoms with E-state index >= 15 is 0 Å². The number of rotatable bonds is 1. The average molecular weight is 125 g/mol. The fourth-order valence-electron chi connectivity index (χ4n) is 0.602. The number of Topliss-reactive ketones (excluding diaryl/α,β-unsaturated/α-hetero) is 1. The Morgan fingerprint density at radius 3 is 2.67 bits per heavy atom. The van der Waals surface area contributed by atoms with Crippen LogP contribution in [0.25, 0.3) is 0 Å². The summed E-state index contributed by atoms with van der Waals surface area (Å²) in [5, 5.41) is 7.11. The summed E-state index contributed by atoms with van der Waals surface area (Å²) < 4.78 is 1.59. The molecule has 0 radical (unpaired) electrons. The van der Waals surface area contributed by atoms with Crippen LogP contribution in [0.2, 0.25) is 0 Å². The molecule has 0 aliphatic carbocycles. The maximum absolute atomic E-state index is 10.6. The van der Waals surface area contributed by atoms with Gasteiger partial charge in [-0.05, 0) is 0 Å². The first-order valence-electron chi connectivity index (χ1n) is 2.56. The second-order valence-electron chi connectivity index (χ2n) is 1.82. The minimum absolute atomic E-state index is 0.0602. The summed E-state index contributed by atoms with van der Waals surface area (Å²) in [6, 6.07) is 0. The summed E-state index contributed by atoms with van der Waals surface area (Å²) in [6.45, 7) is 1.46. The Balaban J connectivity index is 3.08. The van der Waals surface area contributed by atoms with E-state index < -0.39 is 0 Å². The van der Waals surface area contributed by atoms with E-state index in [1.807, 2.05) is 0 Å². The van der Waals surface area contributed by atoms with Crippen LogP contribution < -0.4 is 0 Å². The van der Waals surface area contributed by atoms with Gasteiger partial charge in [0.15, 0.2) is 11.6 Å². The summed E-state index contributed by atoms with van der Waals surface area (Å²) >= 11 is 0. The molecule has 0 saturated heterocycles. The Morgan fingerprint density at radius 1 is 1.78 bits per heavy atom. The van der Waals surface area contributed by atoms with E-state index in [1.54, 1.807) is 11.6 Å². The number of ketones is 1. The third-order valence-electron chi connectivity index (χ3n) is 1.03. The van der Waals surface area contributed by atoms with Gasteiger partial charge in [-0.25, -0.2) is 0 Å². The quantitative estimate of drug-likeness (QED) is 0.497. The normalized spacial score (nSPS) is 9.56. The Morgan fingerprint density at radius 2 is 2.44 bits per heavy atom. The molecule has 4 nitrogen and oxygen atoms in total. The zero-order chi connectivity index (χ0) is 6.85. The van der Waals surface area contributed by atoms with Gasteiger partial charge in [-0.3, -0.25) is 4.79 Å². The maximum Gasteiger partial charge on any atom is 0.199 e. The summed E-state index contributed by atoms with van der Waals surface area (Å²) in [4.78, 5) is 10.6. The van der Waals surface area contributed by atoms with Gasteiger partial charge in [-0.1, -0.05) is 0 Å². The highest BCUT2D eigenvalue weighted by molar-refractivity contribution is 5.90. The zero-order valence-electron chi connectivity index (χ0n) is 5.33. The molecule has 0 bridgehead atoms. The number of hydrogen-bond donors (Lipinski definition) is 0. The van der Waals surface area contributed by atoms with Crippen LogP contribution in [0.15, 0.2) is 6.33 Å². The minimum atomic E-state index is -0.0602. The molecule has 0 aliphatic heterocycles. The van der Waals surface area contributed by atoms with Crippen LogP contribution in [0.3, 0.4) is 0 Å². The molecular formula is C5H7N3O. The molecule has 4 heteroatoms. The van der Waals surface area contributed by atoms with Crippen molar-refractivity contribution in [1.29, 1.82) is 0 Å². The molecule has 0 atom stereocenters. The van der Waals surface area contributed by atoms with Crippen molar-refractivity contribution in [2.75, 3.05) is 0 Å². The van der Waals surface area contributed by atoms with Crippen molar-refractivity contribution in [2.24, 2.45) is 7.05 Å². The standard InChI is InChI=1S/C5H7N3O/c1-4(9)5-7-6-3-8(5)2/h3H,1-2H3. The lowest BCUT2D eigenvalue weighted by molar-refractivity contribution is 0.100. The Labute approximate surface area is 52.5 Å². The lowest BCUT2D eigenvalue weighted by Crippen LogP contribution is -2.01. The topological polar surface area (TPSA) is 47.8 Å². The van der Waals surface area contributed by atoms with E-state index in [2.05, 4.69) is 10.2 Å². The summed E-state index contributed by atoms with van der Waals surface area (Å²) in [6.07, 6.45) is 1.50. The third kappa shape index (κ3) is 0.960. The lowest BCUT2D eigenvalue weighted by Gasteiger charge is -1.89. The number of aromatic nitrogens is 3. The number of aryl methyl sites for hydroxylation is 1. The predicted octanol–water partition coefficient (Wildman–Crippen LogP) is 0.0177. The van der Waals surface area contributed by atoms with Crippen molar-refractivity contribution in [3.63, 3.8) is 0 Å². The maximum atomic E-state index is 10.6. The van der Waals surface area contributed by atoms with Crippen LogP contribution in [0.1, 0.15) is 17.5 Å². The molecule has 1 heterocycles. The van der Waals surface area contributed by atoms with Gasteiger partial charge in [0, 0.05) is 14.0 Å². The number of carbonyl (C=O) groups is 1. The molecule has 0 N–H and O–H groups in total. The van der Waals surface area contributed by atoms with Gasteiger partial charge >= 0.3 is 0 Å². The molecule has 0 unspecified atom stereocenters. The van der Waals surface area contributed by atoms with E-state index in [1.165, 1.54) is 13.3 Å². The number of hydrogen-bond acceptors (Lipinski definition) is 3. The van der Waals surface area contributed by atoms with Crippen molar-refractivity contribution in [1.82, 2.24) is 14.8 Å². The van der Waals surface area contributed by atoms with Gasteiger partial charge in [-0.2, -0.15) is 0 Å². The molecule has 0 fully saturated rings. The van der Waals surface area contributed by atoms with E-state index in [-0.39, 0.29) is 5.78 Å². The molecular weight excluding hydrogens is 118 g/mol. The molecule has 0 aromatic carbocycles. The molecule has 0 spiro atoms. The van der Waals surface area contributed by atoms with Crippen LogP contribution in [0.4, 0.5) is 0 Å². The number of carbonyl (C=O) groups excluding carboxylic acids is 1. The molecule has 1 rings (SSSR count). The first-order chi connectivity index (χ1) is 4.22. The smallest absolute Gasteiger partial charge is 0.199 e. The van der Waals surface area contributed by atoms with Crippen molar-refractivity contribution in [3.05, 3.63) is 12.2 Å².